The molecule has 5 nitrogen and oxygen atoms in total. The number of carbonyl (C=O) groups is 2. The van der Waals surface area contributed by atoms with Gasteiger partial charge in [0.1, 0.15) is 12.4 Å². The van der Waals surface area contributed by atoms with Crippen LogP contribution in [0.1, 0.15) is 0 Å². The molecule has 1 N–H and O–H groups in total. The van der Waals surface area contributed by atoms with Crippen LogP contribution in [-0.4, -0.2) is 48.4 Å². The highest BCUT2D eigenvalue weighted by molar-refractivity contribution is 6.30. The van der Waals surface area contributed by atoms with E-state index in [4.69, 9.17) is 11.6 Å². The maximum absolute atomic E-state index is 13.2. The first-order chi connectivity index (χ1) is 8.97. The molecule has 1 aliphatic rings. The lowest BCUT2D eigenvalue weighted by Crippen LogP contribution is -2.51. The van der Waals surface area contributed by atoms with Crippen LogP contribution in [0.4, 0.5) is 14.9 Å². The molecule has 7 heteroatoms. The average Bonchev–Trinajstić information content (AvgIpc) is 2.37. The number of piperazine rings is 1. The molecule has 1 aromatic rings. The van der Waals surface area contributed by atoms with E-state index in [0.717, 1.165) is 6.07 Å². The minimum absolute atomic E-state index is 0.00669. The Morgan fingerprint density at radius 2 is 2.16 bits per heavy atom. The molecule has 0 unspecified atom stereocenters. The molecule has 1 saturated heterocycles. The summed E-state index contributed by atoms with van der Waals surface area (Å²) in [4.78, 5) is 26.3. The van der Waals surface area contributed by atoms with E-state index in [0.29, 0.717) is 18.8 Å². The van der Waals surface area contributed by atoms with Crippen LogP contribution < -0.4 is 5.32 Å². The highest BCUT2D eigenvalue weighted by atomic mass is 35.5. The molecule has 1 aliphatic heterocycles. The number of amides is 3. The minimum Gasteiger partial charge on any atom is -0.342 e. The standard InChI is InChI=1S/C12H13ClFN3O2/c1-16-4-5-17(7-11(16)18)12(19)15-8-2-3-9(13)10(14)6-8/h2-3,6H,4-5,7H2,1H3,(H,15,19). The number of halogens is 2. The van der Waals surface area contributed by atoms with Crippen molar-refractivity contribution in [3.8, 4) is 0 Å². The number of nitrogens with zero attached hydrogens (tertiary/aromatic N) is 2. The maximum Gasteiger partial charge on any atom is 0.322 e. The fourth-order valence-corrected chi connectivity index (χ4v) is 1.83. The second kappa shape index (κ2) is 5.44. The molecule has 0 aliphatic carbocycles. The normalized spacial score (nSPS) is 15.6. The summed E-state index contributed by atoms with van der Waals surface area (Å²) in [7, 11) is 1.69. The molecule has 0 atom stereocenters. The number of nitrogens with one attached hydrogen (secondary N) is 1. The number of hydrogen-bond acceptors (Lipinski definition) is 2. The molecule has 0 saturated carbocycles. The van der Waals surface area contributed by atoms with Crippen molar-refractivity contribution in [1.29, 1.82) is 0 Å². The Morgan fingerprint density at radius 1 is 1.42 bits per heavy atom. The van der Waals surface area contributed by atoms with E-state index in [2.05, 4.69) is 5.32 Å². The van der Waals surface area contributed by atoms with Crippen LogP contribution in [0.25, 0.3) is 0 Å². The number of benzene rings is 1. The topological polar surface area (TPSA) is 52.6 Å². The third kappa shape index (κ3) is 3.14. The molecule has 1 aromatic carbocycles. The molecule has 0 bridgehead atoms. The number of urea groups is 1. The third-order valence-corrected chi connectivity index (χ3v) is 3.22. The number of rotatable bonds is 1. The molecule has 19 heavy (non-hydrogen) atoms. The van der Waals surface area contributed by atoms with Gasteiger partial charge in [0.05, 0.1) is 5.02 Å². The van der Waals surface area contributed by atoms with E-state index in [-0.39, 0.29) is 17.5 Å². The Hall–Kier alpha value is -1.82. The third-order valence-electron chi connectivity index (χ3n) is 2.92. The second-order valence-electron chi connectivity index (χ2n) is 4.30. The summed E-state index contributed by atoms with van der Waals surface area (Å²) in [5.74, 6) is -0.724. The molecular formula is C12H13ClFN3O2. The van der Waals surface area contributed by atoms with Crippen LogP contribution in [0.15, 0.2) is 18.2 Å². The van der Waals surface area contributed by atoms with E-state index < -0.39 is 11.8 Å². The van der Waals surface area contributed by atoms with E-state index in [9.17, 15) is 14.0 Å². The van der Waals surface area contributed by atoms with Gasteiger partial charge < -0.3 is 15.1 Å². The molecule has 0 spiro atoms. The number of anilines is 1. The van der Waals surface area contributed by atoms with Crippen LogP contribution in [0.2, 0.25) is 5.02 Å². The highest BCUT2D eigenvalue weighted by Crippen LogP contribution is 2.19. The average molecular weight is 286 g/mol. The van der Waals surface area contributed by atoms with E-state index >= 15 is 0 Å². The van der Waals surface area contributed by atoms with Crippen LogP contribution in [0, 0.1) is 5.82 Å². The Labute approximate surface area is 114 Å². The molecule has 102 valence electrons. The summed E-state index contributed by atoms with van der Waals surface area (Å²) in [6.07, 6.45) is 0. The smallest absolute Gasteiger partial charge is 0.322 e. The maximum atomic E-state index is 13.2. The van der Waals surface area contributed by atoms with Gasteiger partial charge in [-0.2, -0.15) is 0 Å². The number of carbonyl (C=O) groups excluding carboxylic acids is 2. The number of hydrogen-bond donors (Lipinski definition) is 1. The van der Waals surface area contributed by atoms with Crippen molar-refractivity contribution < 1.29 is 14.0 Å². The van der Waals surface area contributed by atoms with Gasteiger partial charge in [-0.05, 0) is 18.2 Å². The zero-order chi connectivity index (χ0) is 14.0. The molecule has 0 radical (unpaired) electrons. The van der Waals surface area contributed by atoms with Crippen LogP contribution in [0.3, 0.4) is 0 Å². The fraction of sp³-hybridized carbons (Fsp3) is 0.333. The first-order valence-electron chi connectivity index (χ1n) is 5.72. The van der Waals surface area contributed by atoms with Gasteiger partial charge in [0.2, 0.25) is 5.91 Å². The Morgan fingerprint density at radius 3 is 2.79 bits per heavy atom. The van der Waals surface area contributed by atoms with E-state index in [1.54, 1.807) is 11.9 Å². The van der Waals surface area contributed by atoms with E-state index in [1.807, 2.05) is 0 Å². The lowest BCUT2D eigenvalue weighted by molar-refractivity contribution is -0.133. The first-order valence-corrected chi connectivity index (χ1v) is 6.10. The summed E-state index contributed by atoms with van der Waals surface area (Å²) in [6.45, 7) is 0.962. The van der Waals surface area contributed by atoms with Gasteiger partial charge in [-0.15, -0.1) is 0 Å². The summed E-state index contributed by atoms with van der Waals surface area (Å²) in [5.41, 5.74) is 0.304. The van der Waals surface area contributed by atoms with E-state index in [1.165, 1.54) is 17.0 Å². The zero-order valence-corrected chi connectivity index (χ0v) is 11.1. The van der Waals surface area contributed by atoms with Gasteiger partial charge in [-0.1, -0.05) is 11.6 Å². The highest BCUT2D eigenvalue weighted by Gasteiger charge is 2.24. The largest absolute Gasteiger partial charge is 0.342 e. The molecule has 3 amide bonds. The monoisotopic (exact) mass is 285 g/mol. The summed E-state index contributed by atoms with van der Waals surface area (Å²) >= 11 is 5.55. The number of likely N-dealkylation sites (N-methyl/N-ethyl adjacent to an activating group) is 1. The molecule has 2 rings (SSSR count). The summed E-state index contributed by atoms with van der Waals surface area (Å²) in [6, 6.07) is 3.57. The van der Waals surface area contributed by atoms with Gasteiger partial charge >= 0.3 is 6.03 Å². The van der Waals surface area contributed by atoms with Gasteiger partial charge in [-0.25, -0.2) is 9.18 Å². The molecule has 1 fully saturated rings. The Balaban J connectivity index is 2.01. The molecule has 0 aromatic heterocycles. The van der Waals surface area contributed by atoms with Crippen molar-refractivity contribution in [2.75, 3.05) is 32.0 Å². The lowest BCUT2D eigenvalue weighted by atomic mass is 10.3. The fourth-order valence-electron chi connectivity index (χ4n) is 1.71. The Bertz CT molecular complexity index is 524. The summed E-state index contributed by atoms with van der Waals surface area (Å²) < 4.78 is 13.2. The quantitative estimate of drug-likeness (QED) is 0.855. The van der Waals surface area contributed by atoms with Gasteiger partial charge in [0, 0.05) is 25.8 Å². The minimum atomic E-state index is -0.603. The van der Waals surface area contributed by atoms with Crippen LogP contribution in [-0.2, 0) is 4.79 Å². The van der Waals surface area contributed by atoms with Crippen molar-refractivity contribution in [2.24, 2.45) is 0 Å². The van der Waals surface area contributed by atoms with Gasteiger partial charge in [0.15, 0.2) is 0 Å². The molecular weight excluding hydrogens is 273 g/mol. The molecule has 1 heterocycles. The summed E-state index contributed by atoms with van der Waals surface area (Å²) in [5, 5.41) is 2.53. The van der Waals surface area contributed by atoms with Crippen LogP contribution in [0.5, 0.6) is 0 Å². The van der Waals surface area contributed by atoms with Crippen LogP contribution >= 0.6 is 11.6 Å². The Kier molecular flexibility index (Phi) is 3.90. The first kappa shape index (κ1) is 13.6. The lowest BCUT2D eigenvalue weighted by Gasteiger charge is -2.31. The predicted molar refractivity (Wildman–Crippen MR) is 69.6 cm³/mol. The van der Waals surface area contributed by atoms with Crippen molar-refractivity contribution >= 4 is 29.2 Å². The van der Waals surface area contributed by atoms with Gasteiger partial charge in [-0.3, -0.25) is 4.79 Å². The zero-order valence-electron chi connectivity index (χ0n) is 10.3. The van der Waals surface area contributed by atoms with Crippen molar-refractivity contribution in [3.63, 3.8) is 0 Å². The predicted octanol–water partition coefficient (Wildman–Crippen LogP) is 1.78. The van der Waals surface area contributed by atoms with Gasteiger partial charge in [0.25, 0.3) is 0 Å². The SMILES string of the molecule is CN1CCN(C(=O)Nc2ccc(Cl)c(F)c2)CC1=O. The van der Waals surface area contributed by atoms with Crippen molar-refractivity contribution in [2.45, 2.75) is 0 Å². The van der Waals surface area contributed by atoms with Crippen molar-refractivity contribution in [3.05, 3.63) is 29.0 Å². The van der Waals surface area contributed by atoms with Crippen molar-refractivity contribution in [1.82, 2.24) is 9.80 Å². The second-order valence-corrected chi connectivity index (χ2v) is 4.70.